The quantitative estimate of drug-likeness (QED) is 0.551. The summed E-state index contributed by atoms with van der Waals surface area (Å²) in [4.78, 5) is 0. The van der Waals surface area contributed by atoms with Crippen LogP contribution in [0.25, 0.3) is 0 Å². The van der Waals surface area contributed by atoms with E-state index < -0.39 is 0 Å². The molecular weight excluding hydrogens is 198 g/mol. The molecule has 0 saturated carbocycles. The molecule has 2 heteroatoms. The molecule has 0 saturated heterocycles. The second kappa shape index (κ2) is 7.50. The van der Waals surface area contributed by atoms with E-state index in [9.17, 15) is 0 Å². The number of hydrogen-bond acceptors (Lipinski definition) is 2. The first-order valence-corrected chi connectivity index (χ1v) is 6.45. The van der Waals surface area contributed by atoms with Gasteiger partial charge in [-0.3, -0.25) is 0 Å². The standard InChI is InChI=1S/C14H25NO/c1-4-8-15-11-13(12(2)3)10-14-7-5-6-9-16-14/h6,9-10,12,14-15H,4-5,7-8,11H2,1-3H3/b13-10+. The first kappa shape index (κ1) is 13.3. The summed E-state index contributed by atoms with van der Waals surface area (Å²) in [6.45, 7) is 8.78. The molecule has 1 N–H and O–H groups in total. The summed E-state index contributed by atoms with van der Waals surface area (Å²) in [6, 6.07) is 0. The van der Waals surface area contributed by atoms with Gasteiger partial charge in [-0.1, -0.05) is 26.3 Å². The van der Waals surface area contributed by atoms with Crippen LogP contribution >= 0.6 is 0 Å². The minimum Gasteiger partial charge on any atom is -0.494 e. The average molecular weight is 223 g/mol. The zero-order chi connectivity index (χ0) is 11.8. The molecule has 2 nitrogen and oxygen atoms in total. The number of ether oxygens (including phenoxy) is 1. The summed E-state index contributed by atoms with van der Waals surface area (Å²) in [6.07, 6.45) is 9.95. The minimum atomic E-state index is 0.283. The Kier molecular flexibility index (Phi) is 6.24. The summed E-state index contributed by atoms with van der Waals surface area (Å²) in [5.74, 6) is 0.596. The van der Waals surface area contributed by atoms with Crippen molar-refractivity contribution in [3.8, 4) is 0 Å². The van der Waals surface area contributed by atoms with Crippen LogP contribution in [0, 0.1) is 5.92 Å². The topological polar surface area (TPSA) is 21.3 Å². The fraction of sp³-hybridized carbons (Fsp3) is 0.714. The monoisotopic (exact) mass is 223 g/mol. The molecule has 0 radical (unpaired) electrons. The average Bonchev–Trinajstić information content (AvgIpc) is 2.29. The largest absolute Gasteiger partial charge is 0.494 e. The SMILES string of the molecule is CCCNC/C(=C\C1CCC=CO1)C(C)C. The van der Waals surface area contributed by atoms with Crippen LogP contribution < -0.4 is 5.32 Å². The molecule has 0 aromatic carbocycles. The number of rotatable bonds is 6. The fourth-order valence-electron chi connectivity index (χ4n) is 1.78. The minimum absolute atomic E-state index is 0.283. The first-order chi connectivity index (χ1) is 7.74. The molecule has 1 rings (SSSR count). The Morgan fingerprint density at radius 1 is 1.56 bits per heavy atom. The van der Waals surface area contributed by atoms with Gasteiger partial charge in [0.1, 0.15) is 6.10 Å². The normalized spacial score (nSPS) is 21.2. The van der Waals surface area contributed by atoms with Crippen LogP contribution in [0.4, 0.5) is 0 Å². The predicted octanol–water partition coefficient (Wildman–Crippen LogP) is 3.26. The van der Waals surface area contributed by atoms with E-state index in [1.165, 1.54) is 12.0 Å². The third-order valence-electron chi connectivity index (χ3n) is 2.86. The molecule has 0 spiro atoms. The third-order valence-corrected chi connectivity index (χ3v) is 2.86. The molecule has 0 aliphatic carbocycles. The van der Waals surface area contributed by atoms with E-state index >= 15 is 0 Å². The van der Waals surface area contributed by atoms with E-state index in [2.05, 4.69) is 38.2 Å². The van der Waals surface area contributed by atoms with Crippen molar-refractivity contribution < 1.29 is 4.74 Å². The Morgan fingerprint density at radius 2 is 2.38 bits per heavy atom. The highest BCUT2D eigenvalue weighted by Gasteiger charge is 2.11. The maximum atomic E-state index is 5.58. The maximum Gasteiger partial charge on any atom is 0.117 e. The number of nitrogens with one attached hydrogen (secondary N) is 1. The molecule has 16 heavy (non-hydrogen) atoms. The molecular formula is C14H25NO. The molecule has 1 unspecified atom stereocenters. The summed E-state index contributed by atoms with van der Waals surface area (Å²) < 4.78 is 5.58. The van der Waals surface area contributed by atoms with Crippen molar-refractivity contribution in [1.29, 1.82) is 0 Å². The molecule has 1 heterocycles. The van der Waals surface area contributed by atoms with Gasteiger partial charge in [-0.15, -0.1) is 0 Å². The number of allylic oxidation sites excluding steroid dienone is 1. The van der Waals surface area contributed by atoms with E-state index in [0.717, 1.165) is 25.9 Å². The third kappa shape index (κ3) is 4.84. The van der Waals surface area contributed by atoms with E-state index in [-0.39, 0.29) is 6.10 Å². The predicted molar refractivity (Wildman–Crippen MR) is 69.3 cm³/mol. The van der Waals surface area contributed by atoms with Crippen molar-refractivity contribution in [2.75, 3.05) is 13.1 Å². The summed E-state index contributed by atoms with van der Waals surface area (Å²) in [7, 11) is 0. The van der Waals surface area contributed by atoms with Crippen LogP contribution in [0.15, 0.2) is 24.0 Å². The van der Waals surface area contributed by atoms with Crippen LogP contribution in [0.5, 0.6) is 0 Å². The van der Waals surface area contributed by atoms with Crippen LogP contribution in [-0.4, -0.2) is 19.2 Å². The van der Waals surface area contributed by atoms with Crippen molar-refractivity contribution in [3.63, 3.8) is 0 Å². The Hall–Kier alpha value is -0.760. The highest BCUT2D eigenvalue weighted by atomic mass is 16.5. The lowest BCUT2D eigenvalue weighted by Gasteiger charge is -2.20. The lowest BCUT2D eigenvalue weighted by Crippen LogP contribution is -2.22. The highest BCUT2D eigenvalue weighted by Crippen LogP contribution is 2.16. The Morgan fingerprint density at radius 3 is 2.94 bits per heavy atom. The second-order valence-electron chi connectivity index (χ2n) is 4.70. The summed E-state index contributed by atoms with van der Waals surface area (Å²) in [5.41, 5.74) is 1.47. The van der Waals surface area contributed by atoms with Crippen molar-refractivity contribution in [2.24, 2.45) is 5.92 Å². The fourth-order valence-corrected chi connectivity index (χ4v) is 1.78. The van der Waals surface area contributed by atoms with E-state index in [1.807, 2.05) is 6.26 Å². The van der Waals surface area contributed by atoms with Crippen molar-refractivity contribution in [2.45, 2.75) is 46.1 Å². The lowest BCUT2D eigenvalue weighted by molar-refractivity contribution is 0.164. The van der Waals surface area contributed by atoms with Crippen molar-refractivity contribution in [3.05, 3.63) is 24.0 Å². The zero-order valence-corrected chi connectivity index (χ0v) is 10.8. The molecule has 0 bridgehead atoms. The van der Waals surface area contributed by atoms with Gasteiger partial charge in [0, 0.05) is 6.54 Å². The van der Waals surface area contributed by atoms with Gasteiger partial charge in [0.15, 0.2) is 0 Å². The molecule has 1 aliphatic heterocycles. The molecule has 0 amide bonds. The second-order valence-corrected chi connectivity index (χ2v) is 4.70. The van der Waals surface area contributed by atoms with Gasteiger partial charge >= 0.3 is 0 Å². The van der Waals surface area contributed by atoms with Crippen LogP contribution in [-0.2, 0) is 4.74 Å². The molecule has 92 valence electrons. The Labute approximate surface area is 99.8 Å². The smallest absolute Gasteiger partial charge is 0.117 e. The molecule has 0 fully saturated rings. The molecule has 1 aliphatic rings. The van der Waals surface area contributed by atoms with Gasteiger partial charge in [0.05, 0.1) is 6.26 Å². The summed E-state index contributed by atoms with van der Waals surface area (Å²) in [5, 5.41) is 3.46. The summed E-state index contributed by atoms with van der Waals surface area (Å²) >= 11 is 0. The van der Waals surface area contributed by atoms with Crippen molar-refractivity contribution >= 4 is 0 Å². The van der Waals surface area contributed by atoms with Crippen LogP contribution in [0.3, 0.4) is 0 Å². The molecule has 1 atom stereocenters. The van der Waals surface area contributed by atoms with Gasteiger partial charge in [-0.25, -0.2) is 0 Å². The Balaban J connectivity index is 2.47. The van der Waals surface area contributed by atoms with Crippen LogP contribution in [0.1, 0.15) is 40.0 Å². The molecule has 0 aromatic rings. The lowest BCUT2D eigenvalue weighted by atomic mass is 9.99. The molecule has 0 aromatic heterocycles. The van der Waals surface area contributed by atoms with Crippen LogP contribution in [0.2, 0.25) is 0 Å². The van der Waals surface area contributed by atoms with Crippen molar-refractivity contribution in [1.82, 2.24) is 5.32 Å². The van der Waals surface area contributed by atoms with Gasteiger partial charge in [-0.05, 0) is 43.9 Å². The first-order valence-electron chi connectivity index (χ1n) is 6.45. The zero-order valence-electron chi connectivity index (χ0n) is 10.8. The van der Waals surface area contributed by atoms with Gasteiger partial charge < -0.3 is 10.1 Å². The van der Waals surface area contributed by atoms with Gasteiger partial charge in [0.25, 0.3) is 0 Å². The maximum absolute atomic E-state index is 5.58. The van der Waals surface area contributed by atoms with E-state index in [1.54, 1.807) is 0 Å². The van der Waals surface area contributed by atoms with Gasteiger partial charge in [0.2, 0.25) is 0 Å². The number of hydrogen-bond donors (Lipinski definition) is 1. The van der Waals surface area contributed by atoms with E-state index in [0.29, 0.717) is 5.92 Å². The van der Waals surface area contributed by atoms with E-state index in [4.69, 9.17) is 4.74 Å². The Bertz CT molecular complexity index is 243. The highest BCUT2D eigenvalue weighted by molar-refractivity contribution is 5.11. The van der Waals surface area contributed by atoms with Gasteiger partial charge in [-0.2, -0.15) is 0 Å².